The molecule has 14 heteroatoms. The maximum atomic E-state index is 12.9. The topological polar surface area (TPSA) is 113 Å². The van der Waals surface area contributed by atoms with E-state index in [0.717, 1.165) is 99.0 Å². The average Bonchev–Trinajstić information content (AvgIpc) is 3.55. The highest BCUT2D eigenvalue weighted by Crippen LogP contribution is 2.42. The second-order valence-electron chi connectivity index (χ2n) is 12.2. The minimum Gasteiger partial charge on any atom is -0.465 e. The van der Waals surface area contributed by atoms with Gasteiger partial charge < -0.3 is 34.3 Å². The van der Waals surface area contributed by atoms with Crippen molar-refractivity contribution >= 4 is 69.1 Å². The normalized spacial score (nSPS) is 15.4. The lowest BCUT2D eigenvalue weighted by atomic mass is 10.1. The van der Waals surface area contributed by atoms with E-state index in [1.54, 1.807) is 0 Å². The molecule has 2 fully saturated rings. The van der Waals surface area contributed by atoms with Gasteiger partial charge in [-0.1, -0.05) is 23.2 Å². The number of hydrogen-bond donors (Lipinski definition) is 2. The lowest BCUT2D eigenvalue weighted by molar-refractivity contribution is 0.0605. The highest BCUT2D eigenvalue weighted by molar-refractivity contribution is 7.19. The predicted molar refractivity (Wildman–Crippen MR) is 201 cm³/mol. The summed E-state index contributed by atoms with van der Waals surface area (Å²) >= 11 is 15.6. The van der Waals surface area contributed by atoms with Crippen molar-refractivity contribution in [2.24, 2.45) is 0 Å². The van der Waals surface area contributed by atoms with Gasteiger partial charge in [-0.15, -0.1) is 22.7 Å². The van der Waals surface area contributed by atoms with Crippen molar-refractivity contribution in [1.29, 1.82) is 0 Å². The Morgan fingerprint density at radius 1 is 0.878 bits per heavy atom. The summed E-state index contributed by atoms with van der Waals surface area (Å²) in [5.41, 5.74) is 5.81. The molecule has 3 aromatic heterocycles. The molecule has 49 heavy (non-hydrogen) atoms. The van der Waals surface area contributed by atoms with Crippen molar-refractivity contribution in [2.45, 2.75) is 85.9 Å². The van der Waals surface area contributed by atoms with Crippen LogP contribution >= 0.6 is 45.9 Å². The summed E-state index contributed by atoms with van der Waals surface area (Å²) in [5, 5.41) is 2.89. The second kappa shape index (κ2) is 18.1. The summed E-state index contributed by atoms with van der Waals surface area (Å²) in [4.78, 5) is 45.4. The average molecular weight is 756 g/mol. The Bertz CT molecular complexity index is 1660. The van der Waals surface area contributed by atoms with Crippen LogP contribution in [0, 0.1) is 27.7 Å². The predicted octanol–water partition coefficient (Wildman–Crippen LogP) is 7.45. The third-order valence-corrected chi connectivity index (χ3v) is 12.1. The number of ether oxygens (including phenoxy) is 3. The number of aryl methyl sites for hydroxylation is 2. The van der Waals surface area contributed by atoms with E-state index in [0.29, 0.717) is 36.1 Å². The van der Waals surface area contributed by atoms with Gasteiger partial charge in [-0.05, 0) is 90.0 Å². The molecule has 3 aromatic rings. The number of pyridine rings is 1. The van der Waals surface area contributed by atoms with E-state index in [9.17, 15) is 14.4 Å². The van der Waals surface area contributed by atoms with E-state index in [-0.39, 0.29) is 24.0 Å². The summed E-state index contributed by atoms with van der Waals surface area (Å²) in [6.07, 6.45) is 3.90. The molecule has 0 saturated carbocycles. The van der Waals surface area contributed by atoms with E-state index in [4.69, 9.17) is 37.4 Å². The van der Waals surface area contributed by atoms with Gasteiger partial charge in [0.25, 0.3) is 11.5 Å². The monoisotopic (exact) mass is 754 g/mol. The van der Waals surface area contributed by atoms with Gasteiger partial charge in [-0.25, -0.2) is 4.79 Å². The van der Waals surface area contributed by atoms with Crippen molar-refractivity contribution in [3.8, 4) is 0 Å². The molecule has 2 N–H and O–H groups in total. The van der Waals surface area contributed by atoms with E-state index in [1.165, 1.54) is 29.8 Å². The van der Waals surface area contributed by atoms with Crippen molar-refractivity contribution < 1.29 is 23.8 Å². The zero-order chi connectivity index (χ0) is 35.8. The fourth-order valence-electron chi connectivity index (χ4n) is 6.64. The summed E-state index contributed by atoms with van der Waals surface area (Å²) in [5.74, 6) is -0.522. The highest BCUT2D eigenvalue weighted by atomic mass is 35.5. The number of aromatic amines is 1. The number of aromatic nitrogens is 1. The van der Waals surface area contributed by atoms with Crippen molar-refractivity contribution in [3.05, 3.63) is 62.8 Å². The minimum absolute atomic E-state index is 0.166. The van der Waals surface area contributed by atoms with Crippen LogP contribution in [-0.4, -0.2) is 75.6 Å². The quantitative estimate of drug-likeness (QED) is 0.205. The Morgan fingerprint density at radius 3 is 1.80 bits per heavy atom. The molecule has 270 valence electrons. The van der Waals surface area contributed by atoms with Gasteiger partial charge in [0.15, 0.2) is 0 Å². The van der Waals surface area contributed by atoms with Crippen LogP contribution < -0.4 is 20.7 Å². The van der Waals surface area contributed by atoms with Crippen LogP contribution in [0.2, 0.25) is 8.67 Å². The van der Waals surface area contributed by atoms with E-state index < -0.39 is 0 Å². The molecule has 2 aliphatic rings. The molecule has 1 amide bonds. The lowest BCUT2D eigenvalue weighted by Crippen LogP contribution is -2.39. The number of rotatable bonds is 10. The van der Waals surface area contributed by atoms with Crippen LogP contribution in [-0.2, 0) is 20.8 Å². The molecule has 0 aliphatic carbocycles. The smallest absolute Gasteiger partial charge is 0.348 e. The number of methoxy groups -OCH3 is 1. The zero-order valence-electron chi connectivity index (χ0n) is 29.4. The van der Waals surface area contributed by atoms with Crippen LogP contribution in [0.5, 0.6) is 0 Å². The zero-order valence-corrected chi connectivity index (χ0v) is 32.6. The fourth-order valence-corrected chi connectivity index (χ4v) is 9.53. The van der Waals surface area contributed by atoms with Gasteiger partial charge in [0, 0.05) is 69.4 Å². The number of nitrogens with one attached hydrogen (secondary N) is 2. The first-order chi connectivity index (χ1) is 23.4. The largest absolute Gasteiger partial charge is 0.465 e. The third-order valence-electron chi connectivity index (χ3n) is 9.16. The summed E-state index contributed by atoms with van der Waals surface area (Å²) in [7, 11) is 1.39. The maximum absolute atomic E-state index is 12.9. The lowest BCUT2D eigenvalue weighted by Gasteiger charge is -2.35. The van der Waals surface area contributed by atoms with E-state index >= 15 is 0 Å². The molecule has 0 atom stereocenters. The molecule has 0 aromatic carbocycles. The van der Waals surface area contributed by atoms with Gasteiger partial charge in [-0.2, -0.15) is 0 Å². The summed E-state index contributed by atoms with van der Waals surface area (Å²) < 4.78 is 17.0. The molecule has 5 rings (SSSR count). The Kier molecular flexibility index (Phi) is 14.4. The third kappa shape index (κ3) is 9.20. The van der Waals surface area contributed by atoms with Crippen LogP contribution in [0.25, 0.3) is 0 Å². The Labute approximate surface area is 307 Å². The van der Waals surface area contributed by atoms with Crippen LogP contribution in [0.1, 0.15) is 86.8 Å². The molecule has 0 bridgehead atoms. The highest BCUT2D eigenvalue weighted by Gasteiger charge is 2.29. The van der Waals surface area contributed by atoms with Crippen LogP contribution in [0.3, 0.4) is 0 Å². The van der Waals surface area contributed by atoms with Gasteiger partial charge in [0.2, 0.25) is 0 Å². The number of thiophene rings is 2. The molecular weight excluding hydrogens is 707 g/mol. The summed E-state index contributed by atoms with van der Waals surface area (Å²) in [6, 6.07) is 2.69. The molecule has 10 nitrogen and oxygen atoms in total. The fraction of sp³-hybridized carbons (Fsp3) is 0.571. The number of amides is 1. The standard InChI is InChI=1S/C21H28ClN3O3S.C14H20ClNO3S/c1-5-25(15-6-8-28-9-7-15)17-14(4)18(29-19(17)22)21(27)23-11-16-12(2)10-13(3)24-20(16)26;1-4-16(10-5-7-19-8-6-10)11-9(2)12(14(17)18-3)20-13(11)15/h10,15H,5-9,11H2,1-4H3,(H,23,27)(H,24,26);10H,4-8H2,1-3H3. The molecule has 2 saturated heterocycles. The number of esters is 1. The Hall–Kier alpha value is -2.61. The Balaban J connectivity index is 0.000000237. The van der Waals surface area contributed by atoms with Gasteiger partial charge >= 0.3 is 5.97 Å². The number of hydrogen-bond acceptors (Lipinski definition) is 10. The first-order valence-electron chi connectivity index (χ1n) is 16.8. The molecule has 0 spiro atoms. The number of carbonyl (C=O) groups is 2. The minimum atomic E-state index is -0.316. The van der Waals surface area contributed by atoms with Crippen LogP contribution in [0.4, 0.5) is 11.4 Å². The van der Waals surface area contributed by atoms with E-state index in [1.807, 2.05) is 33.8 Å². The number of halogens is 2. The first kappa shape index (κ1) is 39.2. The first-order valence-corrected chi connectivity index (χ1v) is 19.1. The van der Waals surface area contributed by atoms with Gasteiger partial charge in [0.05, 0.1) is 23.4 Å². The van der Waals surface area contributed by atoms with Gasteiger partial charge in [0.1, 0.15) is 13.5 Å². The Morgan fingerprint density at radius 2 is 1.35 bits per heavy atom. The number of anilines is 2. The van der Waals surface area contributed by atoms with E-state index in [2.05, 4.69) is 33.9 Å². The second-order valence-corrected chi connectivity index (χ2v) is 15.5. The van der Waals surface area contributed by atoms with Crippen molar-refractivity contribution in [3.63, 3.8) is 0 Å². The maximum Gasteiger partial charge on any atom is 0.348 e. The van der Waals surface area contributed by atoms with Crippen molar-refractivity contribution in [1.82, 2.24) is 10.3 Å². The molecule has 0 unspecified atom stereocenters. The SMILES string of the molecule is CCN(c1c(Cl)sc(C(=O)NCc2c(C)cc(C)[nH]c2=O)c1C)C1CCOCC1.CCN(c1c(Cl)sc(C(=O)OC)c1C)C1CCOCC1. The van der Waals surface area contributed by atoms with Crippen molar-refractivity contribution in [2.75, 3.05) is 56.4 Å². The number of carbonyl (C=O) groups excluding carboxylic acids is 2. The molecular formula is C35H48Cl2N4O6S2. The summed E-state index contributed by atoms with van der Waals surface area (Å²) in [6.45, 7) is 16.7. The van der Waals surface area contributed by atoms with Crippen LogP contribution in [0.15, 0.2) is 10.9 Å². The molecule has 5 heterocycles. The molecule has 0 radical (unpaired) electrons. The number of H-pyrrole nitrogens is 1. The van der Waals surface area contributed by atoms with Gasteiger partial charge in [-0.3, -0.25) is 9.59 Å². The molecule has 2 aliphatic heterocycles. The number of nitrogens with zero attached hydrogens (tertiary/aromatic N) is 2.